The molecule has 1 aromatic carbocycles. The number of anilines is 2. The van der Waals surface area contributed by atoms with Gasteiger partial charge in [-0.15, -0.1) is 11.3 Å². The van der Waals surface area contributed by atoms with Crippen molar-refractivity contribution in [2.75, 3.05) is 23.3 Å². The number of carbonyl (C=O) groups is 1. The summed E-state index contributed by atoms with van der Waals surface area (Å²) in [5.41, 5.74) is 1.91. The number of thiophene rings is 1. The van der Waals surface area contributed by atoms with Crippen LogP contribution in [-0.4, -0.2) is 36.4 Å². The van der Waals surface area contributed by atoms with Crippen molar-refractivity contribution in [2.45, 2.75) is 38.9 Å². The second-order valence-electron chi connectivity index (χ2n) is 7.38. The van der Waals surface area contributed by atoms with Crippen LogP contribution in [0, 0.1) is 0 Å². The number of hydrogen-bond donors (Lipinski definition) is 1. The number of benzene rings is 1. The molecule has 29 heavy (non-hydrogen) atoms. The van der Waals surface area contributed by atoms with Crippen molar-refractivity contribution in [3.05, 3.63) is 48.0 Å². The fourth-order valence-corrected chi connectivity index (χ4v) is 4.29. The van der Waals surface area contributed by atoms with Gasteiger partial charge < -0.3 is 14.4 Å². The van der Waals surface area contributed by atoms with Crippen molar-refractivity contribution in [1.82, 2.24) is 4.98 Å². The highest BCUT2D eigenvalue weighted by molar-refractivity contribution is 7.16. The molecule has 1 aliphatic heterocycles. The van der Waals surface area contributed by atoms with E-state index in [1.54, 1.807) is 11.3 Å². The van der Waals surface area contributed by atoms with Crippen LogP contribution in [0.25, 0.3) is 10.2 Å². The normalized spacial score (nSPS) is 14.9. The largest absolute Gasteiger partial charge is 0.491 e. The molecule has 0 atom stereocenters. The van der Waals surface area contributed by atoms with E-state index in [-0.39, 0.29) is 12.2 Å². The molecule has 6 nitrogen and oxygen atoms in total. The molecule has 1 amide bonds. The van der Waals surface area contributed by atoms with Crippen LogP contribution in [0.1, 0.15) is 26.7 Å². The summed E-state index contributed by atoms with van der Waals surface area (Å²) >= 11 is 1.66. The molecule has 0 radical (unpaired) electrons. The van der Waals surface area contributed by atoms with E-state index in [0.29, 0.717) is 5.69 Å². The maximum absolute atomic E-state index is 12.2. The summed E-state index contributed by atoms with van der Waals surface area (Å²) < 4.78 is 11.2. The number of rotatable bonds is 5. The Morgan fingerprint density at radius 1 is 1.17 bits per heavy atom. The molecule has 7 heteroatoms. The lowest BCUT2D eigenvalue weighted by Gasteiger charge is -2.33. The van der Waals surface area contributed by atoms with E-state index < -0.39 is 6.09 Å². The van der Waals surface area contributed by atoms with Crippen LogP contribution in [0.15, 0.2) is 48.0 Å². The summed E-state index contributed by atoms with van der Waals surface area (Å²) in [5.74, 6) is 0.780. The highest BCUT2D eigenvalue weighted by atomic mass is 32.1. The number of nitrogens with zero attached hydrogens (tertiary/aromatic N) is 2. The van der Waals surface area contributed by atoms with E-state index in [1.807, 2.05) is 44.3 Å². The first-order chi connectivity index (χ1) is 14.1. The molecule has 1 N–H and O–H groups in total. The maximum atomic E-state index is 12.2. The minimum atomic E-state index is -0.412. The van der Waals surface area contributed by atoms with Crippen molar-refractivity contribution in [2.24, 2.45) is 0 Å². The molecular weight excluding hydrogens is 386 g/mol. The second-order valence-corrected chi connectivity index (χ2v) is 8.27. The number of fused-ring (bicyclic) bond motifs is 1. The van der Waals surface area contributed by atoms with Gasteiger partial charge in [0, 0.05) is 48.9 Å². The molecule has 3 heterocycles. The molecule has 3 aromatic rings. The third-order valence-electron chi connectivity index (χ3n) is 4.87. The Morgan fingerprint density at radius 2 is 1.93 bits per heavy atom. The van der Waals surface area contributed by atoms with Crippen LogP contribution >= 0.6 is 11.3 Å². The van der Waals surface area contributed by atoms with Gasteiger partial charge >= 0.3 is 6.09 Å². The lowest BCUT2D eigenvalue weighted by Crippen LogP contribution is -2.38. The van der Waals surface area contributed by atoms with Crippen molar-refractivity contribution < 1.29 is 14.3 Å². The van der Waals surface area contributed by atoms with Crippen molar-refractivity contribution in [3.63, 3.8) is 0 Å². The molecule has 0 spiro atoms. The maximum Gasteiger partial charge on any atom is 0.411 e. The molecule has 0 bridgehead atoms. The second kappa shape index (κ2) is 8.69. The lowest BCUT2D eigenvalue weighted by molar-refractivity contribution is 0.0951. The molecule has 0 aliphatic carbocycles. The molecule has 2 aromatic heterocycles. The number of aromatic nitrogens is 1. The number of nitrogens with one attached hydrogen (secondary N) is 1. The van der Waals surface area contributed by atoms with E-state index in [2.05, 4.69) is 32.7 Å². The topological polar surface area (TPSA) is 63.7 Å². The zero-order valence-electron chi connectivity index (χ0n) is 16.6. The van der Waals surface area contributed by atoms with Gasteiger partial charge in [-0.2, -0.15) is 0 Å². The predicted octanol–water partition coefficient (Wildman–Crippen LogP) is 5.30. The summed E-state index contributed by atoms with van der Waals surface area (Å²) in [6, 6.07) is 11.5. The number of amides is 1. The van der Waals surface area contributed by atoms with Crippen molar-refractivity contribution >= 4 is 39.0 Å². The Labute approximate surface area is 174 Å². The van der Waals surface area contributed by atoms with Gasteiger partial charge in [0.25, 0.3) is 0 Å². The molecule has 4 rings (SSSR count). The molecule has 1 saturated heterocycles. The minimum Gasteiger partial charge on any atom is -0.491 e. The van der Waals surface area contributed by atoms with Crippen LogP contribution in [0.2, 0.25) is 0 Å². The fraction of sp³-hybridized carbons (Fsp3) is 0.364. The first-order valence-corrected chi connectivity index (χ1v) is 10.8. The van der Waals surface area contributed by atoms with Crippen LogP contribution in [0.4, 0.5) is 16.2 Å². The molecule has 152 valence electrons. The third-order valence-corrected chi connectivity index (χ3v) is 5.69. The summed E-state index contributed by atoms with van der Waals surface area (Å²) in [7, 11) is 0. The van der Waals surface area contributed by atoms with Crippen LogP contribution in [-0.2, 0) is 4.74 Å². The Hall–Kier alpha value is -2.80. The van der Waals surface area contributed by atoms with Gasteiger partial charge in [0.15, 0.2) is 0 Å². The van der Waals surface area contributed by atoms with Gasteiger partial charge in [-0.3, -0.25) is 5.32 Å². The lowest BCUT2D eigenvalue weighted by atomic mass is 10.1. The standard InChI is InChI=1S/C22H25N3O3S/c1-15(2)27-17-5-3-16(4-6-17)24-22(26)28-18-8-12-25(13-9-18)20-7-11-23-21-19(20)10-14-29-21/h3-7,10-11,14-15,18H,8-9,12-13H2,1-2H3,(H,24,26). The number of carbonyl (C=O) groups excluding carboxylic acids is 1. The van der Waals surface area contributed by atoms with E-state index in [4.69, 9.17) is 9.47 Å². The van der Waals surface area contributed by atoms with Crippen molar-refractivity contribution in [1.29, 1.82) is 0 Å². The molecule has 1 fully saturated rings. The average molecular weight is 412 g/mol. The average Bonchev–Trinajstić information content (AvgIpc) is 3.19. The SMILES string of the molecule is CC(C)Oc1ccc(NC(=O)OC2CCN(c3ccnc4sccc34)CC2)cc1. The molecule has 0 unspecified atom stereocenters. The fourth-order valence-electron chi connectivity index (χ4n) is 3.54. The van der Waals surface area contributed by atoms with E-state index >= 15 is 0 Å². The Morgan fingerprint density at radius 3 is 2.66 bits per heavy atom. The first-order valence-electron chi connectivity index (χ1n) is 9.90. The van der Waals surface area contributed by atoms with Gasteiger partial charge in [0.1, 0.15) is 16.7 Å². The van der Waals surface area contributed by atoms with Gasteiger partial charge in [-0.05, 0) is 55.6 Å². The van der Waals surface area contributed by atoms with E-state index in [9.17, 15) is 4.79 Å². The number of hydrogen-bond acceptors (Lipinski definition) is 6. The summed E-state index contributed by atoms with van der Waals surface area (Å²) in [5, 5.41) is 6.06. The Bertz CT molecular complexity index is 963. The summed E-state index contributed by atoms with van der Waals surface area (Å²) in [6.45, 7) is 5.67. The number of pyridine rings is 1. The Balaban J connectivity index is 1.28. The predicted molar refractivity (Wildman–Crippen MR) is 117 cm³/mol. The molecule has 1 aliphatic rings. The summed E-state index contributed by atoms with van der Waals surface area (Å²) in [6.07, 6.45) is 3.11. The zero-order chi connectivity index (χ0) is 20.2. The highest BCUT2D eigenvalue weighted by Crippen LogP contribution is 2.31. The van der Waals surface area contributed by atoms with Crippen LogP contribution < -0.4 is 15.0 Å². The van der Waals surface area contributed by atoms with E-state index in [1.165, 1.54) is 11.1 Å². The van der Waals surface area contributed by atoms with Gasteiger partial charge in [0.2, 0.25) is 0 Å². The van der Waals surface area contributed by atoms with Crippen molar-refractivity contribution in [3.8, 4) is 5.75 Å². The summed E-state index contributed by atoms with van der Waals surface area (Å²) in [4.78, 5) is 20.1. The van der Waals surface area contributed by atoms with Crippen LogP contribution in [0.3, 0.4) is 0 Å². The smallest absolute Gasteiger partial charge is 0.411 e. The Kier molecular flexibility index (Phi) is 5.85. The zero-order valence-corrected chi connectivity index (χ0v) is 17.4. The number of ether oxygens (including phenoxy) is 2. The highest BCUT2D eigenvalue weighted by Gasteiger charge is 2.23. The van der Waals surface area contributed by atoms with Gasteiger partial charge in [-0.25, -0.2) is 9.78 Å². The van der Waals surface area contributed by atoms with Gasteiger partial charge in [-0.1, -0.05) is 0 Å². The monoisotopic (exact) mass is 411 g/mol. The quantitative estimate of drug-likeness (QED) is 0.617. The minimum absolute atomic E-state index is 0.0744. The first kappa shape index (κ1) is 19.5. The van der Waals surface area contributed by atoms with Gasteiger partial charge in [0.05, 0.1) is 6.10 Å². The van der Waals surface area contributed by atoms with E-state index in [0.717, 1.165) is 36.5 Å². The number of piperidine rings is 1. The molecule has 0 saturated carbocycles. The van der Waals surface area contributed by atoms with Crippen LogP contribution in [0.5, 0.6) is 5.75 Å². The molecular formula is C22H25N3O3S. The third kappa shape index (κ3) is 4.79.